The van der Waals surface area contributed by atoms with Crippen molar-refractivity contribution in [2.24, 2.45) is 0 Å². The van der Waals surface area contributed by atoms with Crippen LogP contribution >= 0.6 is 0 Å². The van der Waals surface area contributed by atoms with Crippen molar-refractivity contribution in [1.82, 2.24) is 5.32 Å². The molecular formula is C25H33BN2O4. The monoisotopic (exact) mass is 436 g/mol. The summed E-state index contributed by atoms with van der Waals surface area (Å²) in [7, 11) is 3.43. The van der Waals surface area contributed by atoms with Crippen molar-refractivity contribution in [1.29, 1.82) is 0 Å². The van der Waals surface area contributed by atoms with Crippen LogP contribution in [0.2, 0.25) is 0 Å². The minimum atomic E-state index is -0.572. The Morgan fingerprint density at radius 1 is 1.03 bits per heavy atom. The second-order valence-electron chi connectivity index (χ2n) is 9.21. The molecule has 1 aliphatic rings. The number of anilines is 1. The van der Waals surface area contributed by atoms with E-state index in [0.717, 1.165) is 22.3 Å². The van der Waals surface area contributed by atoms with Crippen LogP contribution in [-0.4, -0.2) is 45.1 Å². The highest BCUT2D eigenvalue weighted by atomic mass is 16.7. The fourth-order valence-corrected chi connectivity index (χ4v) is 3.25. The van der Waals surface area contributed by atoms with Gasteiger partial charge < -0.3 is 24.3 Å². The van der Waals surface area contributed by atoms with E-state index in [1.54, 1.807) is 0 Å². The fraction of sp³-hybridized carbons (Fsp3) is 0.400. The van der Waals surface area contributed by atoms with E-state index in [9.17, 15) is 4.79 Å². The molecular weight excluding hydrogens is 403 g/mol. The van der Waals surface area contributed by atoms with Gasteiger partial charge >= 0.3 is 13.2 Å². The first-order chi connectivity index (χ1) is 15.1. The average molecular weight is 436 g/mol. The number of hydrogen-bond acceptors (Lipinski definition) is 5. The highest BCUT2D eigenvalue weighted by Crippen LogP contribution is 2.38. The highest BCUT2D eigenvalue weighted by molar-refractivity contribution is 6.56. The van der Waals surface area contributed by atoms with Gasteiger partial charge in [0.2, 0.25) is 0 Å². The van der Waals surface area contributed by atoms with Crippen molar-refractivity contribution in [3.8, 4) is 0 Å². The number of alkyl carbamates (subject to hydrolysis) is 1. The van der Waals surface area contributed by atoms with Gasteiger partial charge in [-0.25, -0.2) is 4.79 Å². The Morgan fingerprint density at radius 3 is 2.31 bits per heavy atom. The molecule has 1 aliphatic heterocycles. The standard InChI is InChI=1S/C25H33BN2O4/c1-24(2)25(3,4)32-26(31-24)21(15-20-13-10-14-22(16-20)28(5)6)17-27-23(29)30-18-19-11-8-7-9-12-19/h7-16H,17-18H2,1-6H3,(H,27,29). The number of nitrogens with zero attached hydrogens (tertiary/aromatic N) is 1. The number of amides is 1. The van der Waals surface area contributed by atoms with Crippen molar-refractivity contribution in [2.75, 3.05) is 25.5 Å². The summed E-state index contributed by atoms with van der Waals surface area (Å²) in [5, 5.41) is 2.84. The maximum atomic E-state index is 12.3. The lowest BCUT2D eigenvalue weighted by Gasteiger charge is -2.32. The second-order valence-corrected chi connectivity index (χ2v) is 9.21. The van der Waals surface area contributed by atoms with Crippen LogP contribution in [0.15, 0.2) is 60.1 Å². The SMILES string of the molecule is CN(C)c1cccc(C=C(CNC(=O)OCc2ccccc2)B2OC(C)(C)C(C)(C)O2)c1. The third-order valence-corrected chi connectivity index (χ3v) is 5.94. The Balaban J connectivity index is 1.75. The molecule has 0 unspecified atom stereocenters. The van der Waals surface area contributed by atoms with Crippen LogP contribution in [0, 0.1) is 0 Å². The van der Waals surface area contributed by atoms with Gasteiger partial charge in [-0.05, 0) is 56.4 Å². The molecule has 32 heavy (non-hydrogen) atoms. The topological polar surface area (TPSA) is 60.0 Å². The molecule has 1 saturated heterocycles. The molecule has 0 radical (unpaired) electrons. The van der Waals surface area contributed by atoms with Crippen LogP contribution in [0.4, 0.5) is 10.5 Å². The Hall–Kier alpha value is -2.77. The first-order valence-electron chi connectivity index (χ1n) is 10.9. The van der Waals surface area contributed by atoms with Crippen LogP contribution in [0.3, 0.4) is 0 Å². The number of rotatable bonds is 7. The van der Waals surface area contributed by atoms with E-state index >= 15 is 0 Å². The molecule has 1 heterocycles. The smallest absolute Gasteiger partial charge is 0.445 e. The van der Waals surface area contributed by atoms with Gasteiger partial charge in [-0.3, -0.25) is 0 Å². The van der Waals surface area contributed by atoms with Crippen molar-refractivity contribution in [2.45, 2.75) is 45.5 Å². The minimum Gasteiger partial charge on any atom is -0.445 e. The van der Waals surface area contributed by atoms with Crippen molar-refractivity contribution >= 4 is 25.0 Å². The highest BCUT2D eigenvalue weighted by Gasteiger charge is 2.52. The number of carbonyl (C=O) groups excluding carboxylic acids is 1. The largest absolute Gasteiger partial charge is 0.492 e. The lowest BCUT2D eigenvalue weighted by molar-refractivity contribution is 0.00578. The maximum absolute atomic E-state index is 12.3. The van der Waals surface area contributed by atoms with E-state index in [0.29, 0.717) is 0 Å². The third kappa shape index (κ3) is 5.93. The molecule has 1 N–H and O–H groups in total. The van der Waals surface area contributed by atoms with E-state index in [4.69, 9.17) is 14.0 Å². The molecule has 0 bridgehead atoms. The van der Waals surface area contributed by atoms with E-state index in [-0.39, 0.29) is 13.2 Å². The first kappa shape index (κ1) is 23.9. The summed E-state index contributed by atoms with van der Waals surface area (Å²) in [6, 6.07) is 17.7. The second kappa shape index (κ2) is 9.80. The molecule has 6 nitrogen and oxygen atoms in total. The Morgan fingerprint density at radius 2 is 1.69 bits per heavy atom. The number of hydrogen-bond donors (Lipinski definition) is 1. The predicted octanol–water partition coefficient (Wildman–Crippen LogP) is 4.69. The summed E-state index contributed by atoms with van der Waals surface area (Å²) in [4.78, 5) is 14.4. The molecule has 170 valence electrons. The first-order valence-corrected chi connectivity index (χ1v) is 10.9. The lowest BCUT2D eigenvalue weighted by atomic mass is 9.77. The maximum Gasteiger partial charge on any atom is 0.492 e. The van der Waals surface area contributed by atoms with Gasteiger partial charge in [0.1, 0.15) is 6.61 Å². The molecule has 0 aromatic heterocycles. The van der Waals surface area contributed by atoms with Crippen molar-refractivity contribution in [3.05, 3.63) is 71.2 Å². The average Bonchev–Trinajstić information content (AvgIpc) is 2.97. The normalized spacial score (nSPS) is 17.2. The Labute approximate surface area is 191 Å². The summed E-state index contributed by atoms with van der Waals surface area (Å²) < 4.78 is 17.8. The summed E-state index contributed by atoms with van der Waals surface area (Å²) in [5.41, 5.74) is 2.88. The van der Waals surface area contributed by atoms with Crippen LogP contribution in [-0.2, 0) is 20.7 Å². The number of nitrogens with one attached hydrogen (secondary N) is 1. The van der Waals surface area contributed by atoms with Crippen LogP contribution in [0.25, 0.3) is 6.08 Å². The van der Waals surface area contributed by atoms with Crippen LogP contribution in [0.1, 0.15) is 38.8 Å². The molecule has 0 aliphatic carbocycles. The zero-order chi connectivity index (χ0) is 23.4. The van der Waals surface area contributed by atoms with Crippen LogP contribution < -0.4 is 10.2 Å². The van der Waals surface area contributed by atoms with Gasteiger partial charge in [0.25, 0.3) is 0 Å². The van der Waals surface area contributed by atoms with Gasteiger partial charge in [-0.15, -0.1) is 0 Å². The molecule has 0 saturated carbocycles. The zero-order valence-corrected chi connectivity index (χ0v) is 19.8. The molecule has 0 spiro atoms. The number of benzene rings is 2. The van der Waals surface area contributed by atoms with E-state index in [1.165, 1.54) is 0 Å². The van der Waals surface area contributed by atoms with E-state index < -0.39 is 24.4 Å². The molecule has 2 aromatic rings. The molecule has 0 atom stereocenters. The zero-order valence-electron chi connectivity index (χ0n) is 19.8. The quantitative estimate of drug-likeness (QED) is 0.638. The van der Waals surface area contributed by atoms with Gasteiger partial charge in [-0.1, -0.05) is 48.5 Å². The van der Waals surface area contributed by atoms with Crippen LogP contribution in [0.5, 0.6) is 0 Å². The third-order valence-electron chi connectivity index (χ3n) is 5.94. The molecule has 1 amide bonds. The summed E-state index contributed by atoms with van der Waals surface area (Å²) in [5.74, 6) is 0. The number of carbonyl (C=O) groups is 1. The summed E-state index contributed by atoms with van der Waals surface area (Å²) in [6.07, 6.45) is 1.52. The minimum absolute atomic E-state index is 0.215. The number of ether oxygens (including phenoxy) is 1. The van der Waals surface area contributed by atoms with Gasteiger partial charge in [0.05, 0.1) is 11.2 Å². The Kier molecular flexibility index (Phi) is 7.31. The predicted molar refractivity (Wildman–Crippen MR) is 129 cm³/mol. The summed E-state index contributed by atoms with van der Waals surface area (Å²) in [6.45, 7) is 8.51. The van der Waals surface area contributed by atoms with Gasteiger partial charge in [-0.2, -0.15) is 0 Å². The molecule has 7 heteroatoms. The summed E-state index contributed by atoms with van der Waals surface area (Å²) >= 11 is 0. The fourth-order valence-electron chi connectivity index (χ4n) is 3.25. The van der Waals surface area contributed by atoms with Gasteiger partial charge in [0, 0.05) is 26.3 Å². The van der Waals surface area contributed by atoms with E-state index in [2.05, 4.69) is 11.4 Å². The molecule has 3 rings (SSSR count). The molecule has 1 fully saturated rings. The van der Waals surface area contributed by atoms with Crippen molar-refractivity contribution in [3.63, 3.8) is 0 Å². The van der Waals surface area contributed by atoms with Crippen molar-refractivity contribution < 1.29 is 18.8 Å². The molecule has 2 aromatic carbocycles. The lowest BCUT2D eigenvalue weighted by Crippen LogP contribution is -2.41. The Bertz CT molecular complexity index is 941. The van der Waals surface area contributed by atoms with E-state index in [1.807, 2.05) is 101 Å². The van der Waals surface area contributed by atoms with Gasteiger partial charge in [0.15, 0.2) is 0 Å².